The number of carboxylic acids is 2. The molecule has 16 nitrogen and oxygen atoms in total. The van der Waals surface area contributed by atoms with Crippen molar-refractivity contribution in [1.29, 1.82) is 0 Å². The molecule has 3 unspecified atom stereocenters. The second-order valence-electron chi connectivity index (χ2n) is 10.3. The van der Waals surface area contributed by atoms with Crippen LogP contribution in [0.1, 0.15) is 38.1 Å². The summed E-state index contributed by atoms with van der Waals surface area (Å²) in [6.07, 6.45) is 4.23. The number of benzene rings is 1. The average Bonchev–Trinajstić information content (AvgIpc) is 3.52. The normalized spacial score (nSPS) is 17.9. The number of H-pyrrole nitrogens is 1. The third-order valence-electron chi connectivity index (χ3n) is 7.25. The van der Waals surface area contributed by atoms with E-state index in [0.29, 0.717) is 16.7 Å². The van der Waals surface area contributed by atoms with Crippen molar-refractivity contribution in [2.24, 2.45) is 0 Å². The number of carbonyl (C=O) groups is 5. The Morgan fingerprint density at radius 3 is 2.45 bits per heavy atom. The number of aromatic nitrogens is 3. The van der Waals surface area contributed by atoms with Crippen LogP contribution in [0.3, 0.4) is 0 Å². The zero-order valence-corrected chi connectivity index (χ0v) is 28.2. The Bertz CT molecular complexity index is 1850. The Kier molecular flexibility index (Phi) is 11.3. The van der Waals surface area contributed by atoms with Gasteiger partial charge in [0.25, 0.3) is 11.8 Å². The minimum atomic E-state index is -4.37. The third kappa shape index (κ3) is 8.09. The summed E-state index contributed by atoms with van der Waals surface area (Å²) in [5.41, 5.74) is 0.0321. The molecule has 0 spiro atoms. The van der Waals surface area contributed by atoms with Crippen LogP contribution < -0.4 is 49.9 Å². The van der Waals surface area contributed by atoms with Crippen molar-refractivity contribution in [1.82, 2.24) is 25.5 Å². The Balaban J connectivity index is 0.00000500. The first-order chi connectivity index (χ1) is 21.8. The van der Waals surface area contributed by atoms with Gasteiger partial charge in [0.2, 0.25) is 5.91 Å². The molecule has 2 aliphatic rings. The van der Waals surface area contributed by atoms with E-state index in [0.717, 1.165) is 11.2 Å². The monoisotopic (exact) mass is 692 g/mol. The summed E-state index contributed by atoms with van der Waals surface area (Å²) in [4.78, 5) is 70.4. The van der Waals surface area contributed by atoms with Crippen LogP contribution in [0.15, 0.2) is 72.5 Å². The van der Waals surface area contributed by atoms with Crippen LogP contribution in [0.2, 0.25) is 0 Å². The van der Waals surface area contributed by atoms with Gasteiger partial charge >= 0.3 is 35.5 Å². The van der Waals surface area contributed by atoms with E-state index >= 15 is 0 Å². The second-order valence-corrected chi connectivity index (χ2v) is 12.9. The Hall–Kier alpha value is -4.07. The van der Waals surface area contributed by atoms with Crippen LogP contribution in [0.25, 0.3) is 0 Å². The molecule has 3 amide bonds. The Morgan fingerprint density at radius 1 is 1.15 bits per heavy atom. The molecule has 0 saturated carbocycles. The molecule has 1 aromatic carbocycles. The Labute approximate surface area is 293 Å². The number of thioether (sulfide) groups is 1. The van der Waals surface area contributed by atoms with Crippen molar-refractivity contribution in [3.63, 3.8) is 0 Å². The fourth-order valence-electron chi connectivity index (χ4n) is 5.03. The number of β-lactam (4-membered cyclic amide) rings is 1. The maximum absolute atomic E-state index is 13.5. The molecule has 1 saturated heterocycles. The fourth-order valence-corrected chi connectivity index (χ4v) is 6.85. The molecular weight excluding hydrogens is 667 g/mol. The number of rotatable bonds is 12. The second kappa shape index (κ2) is 14.8. The van der Waals surface area contributed by atoms with Crippen molar-refractivity contribution < 1.29 is 81.3 Å². The molecule has 3 atom stereocenters. The number of amides is 3. The number of nitrogens with one attached hydrogen (secondary N) is 3. The number of fused-ring (bicyclic) bond motifs is 1. The summed E-state index contributed by atoms with van der Waals surface area (Å²) in [6, 6.07) is 8.74. The van der Waals surface area contributed by atoms with Gasteiger partial charge in [0, 0.05) is 29.2 Å². The third-order valence-corrected chi connectivity index (χ3v) is 9.29. The predicted molar refractivity (Wildman–Crippen MR) is 154 cm³/mol. The molecule has 240 valence electrons. The van der Waals surface area contributed by atoms with Gasteiger partial charge in [-0.15, -0.1) is 11.8 Å². The zero-order chi connectivity index (χ0) is 33.2. The van der Waals surface area contributed by atoms with Gasteiger partial charge in [-0.2, -0.15) is 0 Å². The smallest absolute Gasteiger partial charge is 0.748 e. The molecule has 2 aromatic heterocycles. The van der Waals surface area contributed by atoms with Crippen LogP contribution >= 0.6 is 11.8 Å². The number of aromatic amines is 1. The number of hydrogen-bond acceptors (Lipinski definition) is 11. The topological polar surface area (TPSA) is 246 Å². The van der Waals surface area contributed by atoms with E-state index in [1.807, 2.05) is 0 Å². The predicted octanol–water partition coefficient (Wildman–Crippen LogP) is -4.94. The van der Waals surface area contributed by atoms with E-state index in [1.165, 1.54) is 11.8 Å². The molecule has 19 heteroatoms. The molecular formula is C28H25N6NaO10S2. The molecule has 0 bridgehead atoms. The number of pyridine rings is 1. The molecule has 1 fully saturated rings. The summed E-state index contributed by atoms with van der Waals surface area (Å²) >= 11 is 1.23. The Morgan fingerprint density at radius 2 is 1.83 bits per heavy atom. The number of carboxylic acid groups (broad SMARTS) is 2. The van der Waals surface area contributed by atoms with Crippen molar-refractivity contribution in [2.75, 3.05) is 11.5 Å². The number of aryl methyl sites for hydroxylation is 1. The van der Waals surface area contributed by atoms with Crippen molar-refractivity contribution in [3.05, 3.63) is 95.0 Å². The van der Waals surface area contributed by atoms with E-state index in [2.05, 4.69) is 20.6 Å². The van der Waals surface area contributed by atoms with Gasteiger partial charge in [0.05, 0.1) is 28.1 Å². The van der Waals surface area contributed by atoms with E-state index in [4.69, 9.17) is 0 Å². The molecule has 47 heavy (non-hydrogen) atoms. The molecule has 3 aromatic rings. The standard InChI is InChI=1S/C28H26N6O10S2.Na/c35-23(18(16-4-2-1-3-5-16)31-24(36)19-20(27(38)39)30-14-29-19)32-21-25(37)34-22(28(40)41)17(13-45-26(21)34)12-33-9-6-15(7-10-33)8-11-46(42,43)44;/h1-7,9-10,14,18,21,26H,8,11-13H2,(H5-,29,30,31,32,35,36,38,39,40,41,42,43,44);/q;+1/p-1. The van der Waals surface area contributed by atoms with E-state index in [9.17, 15) is 47.2 Å². The van der Waals surface area contributed by atoms with Crippen LogP contribution in [0, 0.1) is 0 Å². The molecule has 4 N–H and O–H groups in total. The molecule has 0 radical (unpaired) electrons. The summed E-state index contributed by atoms with van der Waals surface area (Å²) in [5, 5.41) is 25.7. The van der Waals surface area contributed by atoms with E-state index < -0.39 is 74.4 Å². The number of carbonyl (C=O) groups excluding carboxylic acids is 4. The summed E-state index contributed by atoms with van der Waals surface area (Å²) < 4.78 is 34.4. The average molecular weight is 693 g/mol. The van der Waals surface area contributed by atoms with Gasteiger partial charge in [0.1, 0.15) is 23.2 Å². The summed E-state index contributed by atoms with van der Waals surface area (Å²) in [7, 11) is -4.37. The van der Waals surface area contributed by atoms with Crippen molar-refractivity contribution in [3.8, 4) is 0 Å². The van der Waals surface area contributed by atoms with Gasteiger partial charge in [0.15, 0.2) is 24.6 Å². The van der Waals surface area contributed by atoms with Crippen LogP contribution in [-0.4, -0.2) is 85.5 Å². The molecule has 4 heterocycles. The number of hydrogen-bond donors (Lipinski definition) is 4. The van der Waals surface area contributed by atoms with Crippen molar-refractivity contribution in [2.45, 2.75) is 30.4 Å². The summed E-state index contributed by atoms with van der Waals surface area (Å²) in [5.74, 6) is -5.82. The number of aliphatic carboxylic acids is 1. The minimum Gasteiger partial charge on any atom is -0.748 e. The van der Waals surface area contributed by atoms with Gasteiger partial charge in [-0.25, -0.2) is 22.8 Å². The number of nitrogens with zero attached hydrogens (tertiary/aromatic N) is 3. The van der Waals surface area contributed by atoms with Gasteiger partial charge < -0.3 is 35.2 Å². The minimum absolute atomic E-state index is 0. The fraction of sp³-hybridized carbons (Fsp3) is 0.250. The van der Waals surface area contributed by atoms with Gasteiger partial charge in [-0.1, -0.05) is 30.3 Å². The number of aromatic carboxylic acids is 1. The zero-order valence-electron chi connectivity index (χ0n) is 24.6. The van der Waals surface area contributed by atoms with E-state index in [1.54, 1.807) is 59.4 Å². The first-order valence-electron chi connectivity index (χ1n) is 13.6. The quantitative estimate of drug-likeness (QED) is 0.0604. The molecule has 2 aliphatic heterocycles. The maximum atomic E-state index is 13.5. The van der Waals surface area contributed by atoms with Gasteiger partial charge in [-0.05, 0) is 17.5 Å². The van der Waals surface area contributed by atoms with Crippen molar-refractivity contribution >= 4 is 51.5 Å². The largest absolute Gasteiger partial charge is 1.00 e. The van der Waals surface area contributed by atoms with Gasteiger partial charge in [-0.3, -0.25) is 19.3 Å². The maximum Gasteiger partial charge on any atom is 1.00 e. The molecule has 5 rings (SSSR count). The van der Waals surface area contributed by atoms with Crippen LogP contribution in [-0.2, 0) is 37.5 Å². The first kappa shape index (κ1) is 35.8. The first-order valence-corrected chi connectivity index (χ1v) is 16.2. The summed E-state index contributed by atoms with van der Waals surface area (Å²) in [6.45, 7) is 0.103. The van der Waals surface area contributed by atoms with E-state index in [-0.39, 0.29) is 54.0 Å². The molecule has 0 aliphatic carbocycles. The number of imidazole rings is 1. The SMILES string of the molecule is O=C(O)C1=C(C[n+]2ccc(CCS(=O)(=O)[O-])cc2)CSC2C(NC(=O)C(NC(=O)c3nc[nH]c3C(=O)[O-])c3ccccc3)C(=O)N12.[Na+]. The van der Waals surface area contributed by atoms with Crippen LogP contribution in [0.5, 0.6) is 0 Å². The van der Waals surface area contributed by atoms with Crippen LogP contribution in [0.4, 0.5) is 0 Å².